The Morgan fingerprint density at radius 2 is 1.10 bits per heavy atom. The summed E-state index contributed by atoms with van der Waals surface area (Å²) in [6.07, 6.45) is 4.18. The van der Waals surface area contributed by atoms with Crippen LogP contribution in [0.3, 0.4) is 0 Å². The highest BCUT2D eigenvalue weighted by atomic mass is 16.6. The van der Waals surface area contributed by atoms with Crippen LogP contribution in [0, 0.1) is 0 Å². The molecule has 12 heteroatoms. The molecule has 0 aromatic heterocycles. The number of rotatable bonds is 15. The van der Waals surface area contributed by atoms with Gasteiger partial charge in [0, 0.05) is 37.6 Å². The predicted molar refractivity (Wildman–Crippen MR) is 198 cm³/mol. The summed E-state index contributed by atoms with van der Waals surface area (Å²) in [5.41, 5.74) is 1.62. The molecule has 0 bridgehead atoms. The fraction of sp³-hybridized carbons (Fsp3) is 0.650. The molecule has 0 aliphatic carbocycles. The van der Waals surface area contributed by atoms with Gasteiger partial charge in [0.05, 0.1) is 19.7 Å². The topological polar surface area (TPSA) is 146 Å². The molecule has 286 valence electrons. The number of aryl methyl sites for hydroxylation is 2. The van der Waals surface area contributed by atoms with E-state index in [0.29, 0.717) is 26.2 Å². The monoisotopic (exact) mass is 722 g/mol. The molecule has 52 heavy (non-hydrogen) atoms. The third kappa shape index (κ3) is 9.45. The first kappa shape index (κ1) is 38.5. The van der Waals surface area contributed by atoms with E-state index >= 15 is 0 Å². The molecule has 0 spiro atoms. The van der Waals surface area contributed by atoms with Gasteiger partial charge >= 0.3 is 11.9 Å². The summed E-state index contributed by atoms with van der Waals surface area (Å²) in [6, 6.07) is 16.3. The average molecular weight is 723 g/mol. The Kier molecular flexibility index (Phi) is 13.4. The summed E-state index contributed by atoms with van der Waals surface area (Å²) in [5, 5.41) is 44.2. The standard InChI is InChI=1S/C40H58N4O8/c45-29-40(50,39(49)52-33(26-42-21-9-2-10-22-42)28-44-24-12-16-31-14-4-6-18-35(31)44)37(47)36(46)38(48)51-32(25-41-19-7-1-8-20-41)27-43-23-11-15-30-13-3-5-17-34(30)43/h3-6,13-14,17-18,32-33,36-37,45-47,50H,1-2,7-12,15-16,19-29H2/t32-,33+,36-,37+,40+/m1/s1. The number of piperidine rings is 2. The van der Waals surface area contributed by atoms with Gasteiger partial charge in [0.25, 0.3) is 0 Å². The molecule has 4 heterocycles. The second-order valence-electron chi connectivity index (χ2n) is 15.1. The van der Waals surface area contributed by atoms with Gasteiger partial charge in [-0.25, -0.2) is 9.59 Å². The van der Waals surface area contributed by atoms with Crippen molar-refractivity contribution in [3.63, 3.8) is 0 Å². The molecule has 0 amide bonds. The number of para-hydroxylation sites is 2. The van der Waals surface area contributed by atoms with E-state index in [1.807, 2.05) is 30.3 Å². The van der Waals surface area contributed by atoms with E-state index in [-0.39, 0.29) is 0 Å². The van der Waals surface area contributed by atoms with Crippen molar-refractivity contribution in [3.05, 3.63) is 59.7 Å². The number of anilines is 2. The highest BCUT2D eigenvalue weighted by molar-refractivity contribution is 5.83. The number of fused-ring (bicyclic) bond motifs is 2. The Morgan fingerprint density at radius 3 is 1.58 bits per heavy atom. The molecule has 0 radical (unpaired) electrons. The Balaban J connectivity index is 1.14. The molecule has 4 aliphatic rings. The van der Waals surface area contributed by atoms with E-state index in [0.717, 1.165) is 115 Å². The van der Waals surface area contributed by atoms with Gasteiger partial charge in [-0.3, -0.25) is 9.80 Å². The Morgan fingerprint density at radius 1 is 0.635 bits per heavy atom. The zero-order valence-electron chi connectivity index (χ0n) is 30.5. The van der Waals surface area contributed by atoms with E-state index in [1.54, 1.807) is 0 Å². The van der Waals surface area contributed by atoms with Gasteiger partial charge in [-0.1, -0.05) is 49.2 Å². The fourth-order valence-electron chi connectivity index (χ4n) is 8.37. The third-order valence-electron chi connectivity index (χ3n) is 11.3. The van der Waals surface area contributed by atoms with Crippen LogP contribution in [0.25, 0.3) is 0 Å². The SMILES string of the molecule is O=C(O[C@H](CN1CCCCC1)CN1CCCc2ccccc21)[C@H](O)[C@H](O)[C@@](O)(CO)C(=O)O[C@@H](CN1CCCCC1)CN1CCCc2ccccc21. The van der Waals surface area contributed by atoms with Crippen molar-refractivity contribution in [2.75, 3.05) is 81.9 Å². The van der Waals surface area contributed by atoms with E-state index < -0.39 is 48.6 Å². The smallest absolute Gasteiger partial charge is 0.343 e. The molecule has 0 saturated carbocycles. The van der Waals surface area contributed by atoms with Crippen LogP contribution in [0.4, 0.5) is 11.4 Å². The lowest BCUT2D eigenvalue weighted by molar-refractivity contribution is -0.205. The number of aliphatic hydroxyl groups excluding tert-OH is 3. The molecule has 0 unspecified atom stereocenters. The number of nitrogens with zero attached hydrogens (tertiary/aromatic N) is 4. The largest absolute Gasteiger partial charge is 0.457 e. The minimum atomic E-state index is -2.97. The van der Waals surface area contributed by atoms with Crippen molar-refractivity contribution in [1.29, 1.82) is 0 Å². The lowest BCUT2D eigenvalue weighted by Gasteiger charge is -2.38. The Hall–Kier alpha value is -3.26. The van der Waals surface area contributed by atoms with Gasteiger partial charge in [0.15, 0.2) is 6.10 Å². The molecule has 4 aliphatic heterocycles. The third-order valence-corrected chi connectivity index (χ3v) is 11.3. The molecule has 12 nitrogen and oxygen atoms in total. The second-order valence-corrected chi connectivity index (χ2v) is 15.1. The quantitative estimate of drug-likeness (QED) is 0.200. The molecular weight excluding hydrogens is 664 g/mol. The van der Waals surface area contributed by atoms with Gasteiger partial charge in [-0.2, -0.15) is 0 Å². The first-order valence-corrected chi connectivity index (χ1v) is 19.5. The van der Waals surface area contributed by atoms with Gasteiger partial charge < -0.3 is 39.7 Å². The molecule has 2 fully saturated rings. The van der Waals surface area contributed by atoms with Crippen molar-refractivity contribution in [3.8, 4) is 0 Å². The van der Waals surface area contributed by atoms with Gasteiger partial charge in [-0.05, 0) is 101 Å². The van der Waals surface area contributed by atoms with Crippen LogP contribution in [0.2, 0.25) is 0 Å². The average Bonchev–Trinajstić information content (AvgIpc) is 3.18. The lowest BCUT2D eigenvalue weighted by atomic mass is 9.93. The van der Waals surface area contributed by atoms with Gasteiger partial charge in [-0.15, -0.1) is 0 Å². The number of hydrogen-bond acceptors (Lipinski definition) is 12. The number of aliphatic hydroxyl groups is 4. The maximum Gasteiger partial charge on any atom is 0.343 e. The summed E-state index contributed by atoms with van der Waals surface area (Å²) in [5.74, 6) is -2.47. The van der Waals surface area contributed by atoms with Gasteiger partial charge in [0.1, 0.15) is 18.3 Å². The number of carbonyl (C=O) groups is 2. The molecule has 2 aromatic rings. The summed E-state index contributed by atoms with van der Waals surface area (Å²) < 4.78 is 11.8. The summed E-state index contributed by atoms with van der Waals surface area (Å²) in [6.45, 7) is 5.31. The highest BCUT2D eigenvalue weighted by Crippen LogP contribution is 2.29. The van der Waals surface area contributed by atoms with Crippen LogP contribution in [0.5, 0.6) is 0 Å². The minimum Gasteiger partial charge on any atom is -0.457 e. The summed E-state index contributed by atoms with van der Waals surface area (Å²) in [4.78, 5) is 36.1. The number of carbonyl (C=O) groups excluding carboxylic acids is 2. The molecule has 2 aromatic carbocycles. The fourth-order valence-corrected chi connectivity index (χ4v) is 8.37. The predicted octanol–water partition coefficient (Wildman–Crippen LogP) is 2.13. The number of ether oxygens (including phenoxy) is 2. The van der Waals surface area contributed by atoms with E-state index in [2.05, 4.69) is 37.8 Å². The van der Waals surface area contributed by atoms with E-state index in [4.69, 9.17) is 9.47 Å². The minimum absolute atomic E-state index is 0.346. The normalized spacial score (nSPS) is 21.9. The first-order valence-electron chi connectivity index (χ1n) is 19.5. The maximum atomic E-state index is 13.8. The van der Waals surface area contributed by atoms with Crippen LogP contribution in [0.15, 0.2) is 48.5 Å². The second kappa shape index (κ2) is 18.2. The first-order chi connectivity index (χ1) is 25.2. The zero-order valence-corrected chi connectivity index (χ0v) is 30.5. The van der Waals surface area contributed by atoms with E-state index in [9.17, 15) is 30.0 Å². The van der Waals surface area contributed by atoms with E-state index in [1.165, 1.54) is 11.1 Å². The van der Waals surface area contributed by atoms with Crippen LogP contribution < -0.4 is 9.80 Å². The van der Waals surface area contributed by atoms with Crippen LogP contribution >= 0.6 is 0 Å². The van der Waals surface area contributed by atoms with Gasteiger partial charge in [0.2, 0.25) is 5.60 Å². The molecule has 2 saturated heterocycles. The lowest BCUT2D eigenvalue weighted by Crippen LogP contribution is -2.61. The number of benzene rings is 2. The number of likely N-dealkylation sites (tertiary alicyclic amines) is 2. The van der Waals surface area contributed by atoms with Crippen molar-refractivity contribution >= 4 is 23.3 Å². The van der Waals surface area contributed by atoms with Crippen LogP contribution in [-0.2, 0) is 31.9 Å². The van der Waals surface area contributed by atoms with Crippen LogP contribution in [0.1, 0.15) is 62.5 Å². The summed E-state index contributed by atoms with van der Waals surface area (Å²) >= 11 is 0. The molecule has 5 atom stereocenters. The Labute approximate surface area is 307 Å². The number of esters is 2. The molecule has 6 rings (SSSR count). The summed E-state index contributed by atoms with van der Waals surface area (Å²) in [7, 11) is 0. The Bertz CT molecular complexity index is 1470. The highest BCUT2D eigenvalue weighted by Gasteiger charge is 2.51. The van der Waals surface area contributed by atoms with Crippen LogP contribution in [-0.4, -0.2) is 144 Å². The maximum absolute atomic E-state index is 13.8. The molecular formula is C40H58N4O8. The van der Waals surface area contributed by atoms with Crippen molar-refractivity contribution in [2.24, 2.45) is 0 Å². The molecule has 4 N–H and O–H groups in total. The van der Waals surface area contributed by atoms with Crippen molar-refractivity contribution in [1.82, 2.24) is 9.80 Å². The van der Waals surface area contributed by atoms with Crippen molar-refractivity contribution in [2.45, 2.75) is 94.2 Å². The van der Waals surface area contributed by atoms with Crippen molar-refractivity contribution < 1.29 is 39.5 Å². The zero-order chi connectivity index (χ0) is 36.5. The number of hydrogen-bond donors (Lipinski definition) is 4.